The molecule has 6 nitrogen and oxygen atoms in total. The monoisotopic (exact) mass is 401 g/mol. The topological polar surface area (TPSA) is 65.6 Å². The molecule has 2 aliphatic rings. The first-order chi connectivity index (χ1) is 14.6. The van der Waals surface area contributed by atoms with Crippen LogP contribution in [-0.4, -0.2) is 52.8 Å². The molecule has 0 spiro atoms. The SMILES string of the molecule is C=CCN1CC(=O)N2[C@H](c3ccccc3OC)c3[nH]c4ccccc4c3C[C@H]2C1=O. The number of hydrogen-bond donors (Lipinski definition) is 1. The van der Waals surface area contributed by atoms with Gasteiger partial charge in [0.2, 0.25) is 11.8 Å². The molecule has 1 aromatic heterocycles. The van der Waals surface area contributed by atoms with E-state index in [0.29, 0.717) is 18.7 Å². The number of H-pyrrole nitrogens is 1. The summed E-state index contributed by atoms with van der Waals surface area (Å²) in [6.45, 7) is 4.16. The lowest BCUT2D eigenvalue weighted by Gasteiger charge is -2.47. The van der Waals surface area contributed by atoms with E-state index in [9.17, 15) is 9.59 Å². The third kappa shape index (κ3) is 2.64. The van der Waals surface area contributed by atoms with Crippen LogP contribution in [-0.2, 0) is 16.0 Å². The summed E-state index contributed by atoms with van der Waals surface area (Å²) in [5, 5.41) is 1.09. The molecule has 0 aliphatic carbocycles. The van der Waals surface area contributed by atoms with Crippen molar-refractivity contribution in [2.24, 2.45) is 0 Å². The standard InChI is InChI=1S/C24H23N3O3/c1-3-12-26-14-21(28)27-19(24(26)29)13-17-15-8-4-6-10-18(15)25-22(17)23(27)16-9-5-7-11-20(16)30-2/h3-11,19,23,25H,1,12-14H2,2H3/t19-,23+/m0/s1. The van der Waals surface area contributed by atoms with Gasteiger partial charge in [-0.2, -0.15) is 0 Å². The molecule has 1 saturated heterocycles. The van der Waals surface area contributed by atoms with Crippen LogP contribution in [0.5, 0.6) is 5.75 Å². The van der Waals surface area contributed by atoms with E-state index in [4.69, 9.17) is 4.74 Å². The van der Waals surface area contributed by atoms with Crippen LogP contribution in [0.3, 0.4) is 0 Å². The van der Waals surface area contributed by atoms with Gasteiger partial charge in [0.05, 0.1) is 7.11 Å². The van der Waals surface area contributed by atoms with E-state index in [0.717, 1.165) is 27.7 Å². The number of ether oxygens (including phenoxy) is 1. The quantitative estimate of drug-likeness (QED) is 0.684. The Labute approximate surface area is 174 Å². The minimum Gasteiger partial charge on any atom is -0.496 e. The average Bonchev–Trinajstić information content (AvgIpc) is 3.14. The number of aromatic amines is 1. The number of hydrogen-bond acceptors (Lipinski definition) is 3. The molecule has 1 fully saturated rings. The third-order valence-electron chi connectivity index (χ3n) is 6.13. The van der Waals surface area contributed by atoms with Crippen molar-refractivity contribution in [3.63, 3.8) is 0 Å². The van der Waals surface area contributed by atoms with Gasteiger partial charge in [-0.15, -0.1) is 6.58 Å². The molecule has 2 aliphatic heterocycles. The highest BCUT2D eigenvalue weighted by atomic mass is 16.5. The maximum Gasteiger partial charge on any atom is 0.246 e. The molecular weight excluding hydrogens is 378 g/mol. The average molecular weight is 401 g/mol. The summed E-state index contributed by atoms with van der Waals surface area (Å²) in [6.07, 6.45) is 2.15. The molecule has 0 unspecified atom stereocenters. The molecule has 0 saturated carbocycles. The van der Waals surface area contributed by atoms with Crippen molar-refractivity contribution >= 4 is 22.7 Å². The van der Waals surface area contributed by atoms with E-state index in [1.54, 1.807) is 23.0 Å². The Bertz CT molecular complexity index is 1170. The van der Waals surface area contributed by atoms with Gasteiger partial charge >= 0.3 is 0 Å². The van der Waals surface area contributed by atoms with Crippen LogP contribution in [0, 0.1) is 0 Å². The number of piperazine rings is 1. The van der Waals surface area contributed by atoms with Crippen LogP contribution in [0.1, 0.15) is 22.9 Å². The predicted octanol–water partition coefficient (Wildman–Crippen LogP) is 3.05. The van der Waals surface area contributed by atoms with Gasteiger partial charge in [0, 0.05) is 35.1 Å². The minimum absolute atomic E-state index is 0.0367. The van der Waals surface area contributed by atoms with Gasteiger partial charge in [-0.1, -0.05) is 42.5 Å². The van der Waals surface area contributed by atoms with E-state index in [1.165, 1.54) is 0 Å². The van der Waals surface area contributed by atoms with E-state index in [2.05, 4.69) is 17.6 Å². The van der Waals surface area contributed by atoms with Crippen molar-refractivity contribution in [1.29, 1.82) is 0 Å². The van der Waals surface area contributed by atoms with Crippen molar-refractivity contribution in [2.75, 3.05) is 20.2 Å². The second-order valence-corrected chi connectivity index (χ2v) is 7.74. The minimum atomic E-state index is -0.548. The molecule has 152 valence electrons. The Morgan fingerprint density at radius 1 is 1.17 bits per heavy atom. The van der Waals surface area contributed by atoms with Crippen molar-refractivity contribution in [1.82, 2.24) is 14.8 Å². The van der Waals surface area contributed by atoms with Gasteiger partial charge in [-0.25, -0.2) is 0 Å². The maximum absolute atomic E-state index is 13.3. The second kappa shape index (κ2) is 7.06. The lowest BCUT2D eigenvalue weighted by atomic mass is 9.86. The number of carbonyl (C=O) groups is 2. The van der Waals surface area contributed by atoms with Gasteiger partial charge in [-0.05, 0) is 17.7 Å². The van der Waals surface area contributed by atoms with Gasteiger partial charge in [0.1, 0.15) is 24.4 Å². The molecule has 3 aromatic rings. The molecule has 3 heterocycles. The lowest BCUT2D eigenvalue weighted by molar-refractivity contribution is -0.158. The van der Waals surface area contributed by atoms with Crippen molar-refractivity contribution in [3.05, 3.63) is 78.0 Å². The molecule has 1 N–H and O–H groups in total. The molecule has 30 heavy (non-hydrogen) atoms. The molecule has 2 atom stereocenters. The molecule has 2 aromatic carbocycles. The Balaban J connectivity index is 1.74. The first-order valence-corrected chi connectivity index (χ1v) is 10.1. The van der Waals surface area contributed by atoms with Crippen LogP contribution in [0.15, 0.2) is 61.2 Å². The zero-order chi connectivity index (χ0) is 20.8. The van der Waals surface area contributed by atoms with E-state index < -0.39 is 12.1 Å². The Morgan fingerprint density at radius 2 is 1.93 bits per heavy atom. The molecule has 0 radical (unpaired) electrons. The van der Waals surface area contributed by atoms with Crippen molar-refractivity contribution < 1.29 is 14.3 Å². The number of fused-ring (bicyclic) bond motifs is 4. The first-order valence-electron chi connectivity index (χ1n) is 10.1. The van der Waals surface area contributed by atoms with Crippen molar-refractivity contribution in [3.8, 4) is 5.75 Å². The summed E-state index contributed by atoms with van der Waals surface area (Å²) in [7, 11) is 1.63. The maximum atomic E-state index is 13.3. The van der Waals surface area contributed by atoms with Crippen LogP contribution >= 0.6 is 0 Å². The zero-order valence-electron chi connectivity index (χ0n) is 16.8. The van der Waals surface area contributed by atoms with Crippen LogP contribution < -0.4 is 4.74 Å². The second-order valence-electron chi connectivity index (χ2n) is 7.74. The highest BCUT2D eigenvalue weighted by Crippen LogP contribution is 2.44. The number of aromatic nitrogens is 1. The van der Waals surface area contributed by atoms with E-state index in [-0.39, 0.29) is 18.4 Å². The summed E-state index contributed by atoms with van der Waals surface area (Å²) < 4.78 is 5.63. The van der Waals surface area contributed by atoms with E-state index >= 15 is 0 Å². The zero-order valence-corrected chi connectivity index (χ0v) is 16.8. The third-order valence-corrected chi connectivity index (χ3v) is 6.13. The highest BCUT2D eigenvalue weighted by molar-refractivity contribution is 5.97. The summed E-state index contributed by atoms with van der Waals surface area (Å²) in [6, 6.07) is 14.8. The predicted molar refractivity (Wildman–Crippen MR) is 114 cm³/mol. The van der Waals surface area contributed by atoms with Crippen LogP contribution in [0.4, 0.5) is 0 Å². The number of amides is 2. The van der Waals surface area contributed by atoms with E-state index in [1.807, 2.05) is 42.5 Å². The van der Waals surface area contributed by atoms with Crippen LogP contribution in [0.25, 0.3) is 10.9 Å². The molecule has 0 bridgehead atoms. The normalized spacial score (nSPS) is 20.8. The molecular formula is C24H23N3O3. The highest BCUT2D eigenvalue weighted by Gasteiger charge is 2.48. The fourth-order valence-corrected chi connectivity index (χ4v) is 4.85. The Hall–Kier alpha value is -3.54. The molecule has 6 heteroatoms. The summed E-state index contributed by atoms with van der Waals surface area (Å²) in [5.74, 6) is 0.591. The Morgan fingerprint density at radius 3 is 2.73 bits per heavy atom. The number of methoxy groups -OCH3 is 1. The summed E-state index contributed by atoms with van der Waals surface area (Å²) in [4.78, 5) is 33.5. The van der Waals surface area contributed by atoms with Gasteiger partial charge in [0.15, 0.2) is 0 Å². The number of para-hydroxylation sites is 2. The van der Waals surface area contributed by atoms with Gasteiger partial charge in [-0.3, -0.25) is 9.59 Å². The number of benzene rings is 2. The van der Waals surface area contributed by atoms with Crippen molar-refractivity contribution in [2.45, 2.75) is 18.5 Å². The molecule has 2 amide bonds. The number of nitrogens with zero attached hydrogens (tertiary/aromatic N) is 2. The number of carbonyl (C=O) groups excluding carboxylic acids is 2. The van der Waals surface area contributed by atoms with Gasteiger partial charge in [0.25, 0.3) is 0 Å². The Kier molecular flexibility index (Phi) is 4.35. The van der Waals surface area contributed by atoms with Gasteiger partial charge < -0.3 is 19.5 Å². The number of nitrogens with one attached hydrogen (secondary N) is 1. The largest absolute Gasteiger partial charge is 0.496 e. The fourth-order valence-electron chi connectivity index (χ4n) is 4.85. The number of rotatable bonds is 4. The summed E-state index contributed by atoms with van der Waals surface area (Å²) >= 11 is 0. The smallest absolute Gasteiger partial charge is 0.246 e. The van der Waals surface area contributed by atoms with Crippen LogP contribution in [0.2, 0.25) is 0 Å². The fraction of sp³-hybridized carbons (Fsp3) is 0.250. The molecule has 5 rings (SSSR count). The summed E-state index contributed by atoms with van der Waals surface area (Å²) in [5.41, 5.74) is 3.92. The first kappa shape index (κ1) is 18.5. The lowest BCUT2D eigenvalue weighted by Crippen LogP contribution is -2.63.